The van der Waals surface area contributed by atoms with Gasteiger partial charge in [-0.05, 0) is 57.8 Å². The van der Waals surface area contributed by atoms with Crippen LogP contribution in [0.1, 0.15) is 232 Å². The highest BCUT2D eigenvalue weighted by Gasteiger charge is 2.44. The van der Waals surface area contributed by atoms with Crippen molar-refractivity contribution in [3.63, 3.8) is 0 Å². The lowest BCUT2D eigenvalue weighted by molar-refractivity contribution is -0.302. The van der Waals surface area contributed by atoms with Crippen LogP contribution >= 0.6 is 0 Å². The molecule has 0 spiro atoms. The maximum Gasteiger partial charge on any atom is 0.220 e. The van der Waals surface area contributed by atoms with Gasteiger partial charge in [-0.2, -0.15) is 0 Å². The van der Waals surface area contributed by atoms with Gasteiger partial charge < -0.3 is 40.3 Å². The van der Waals surface area contributed by atoms with Crippen molar-refractivity contribution in [2.75, 3.05) is 13.2 Å². The molecule has 1 aliphatic heterocycles. The summed E-state index contributed by atoms with van der Waals surface area (Å²) in [5.74, 6) is -0.175. The Kier molecular flexibility index (Phi) is 42.8. The molecule has 65 heavy (non-hydrogen) atoms. The number of rotatable bonds is 45. The number of hydrogen-bond donors (Lipinski definition) is 6. The molecule has 1 amide bonds. The van der Waals surface area contributed by atoms with Crippen LogP contribution in [0.25, 0.3) is 0 Å². The fourth-order valence-electron chi connectivity index (χ4n) is 8.36. The summed E-state index contributed by atoms with van der Waals surface area (Å²) in [4.78, 5) is 13.0. The second kappa shape index (κ2) is 45.7. The molecule has 9 nitrogen and oxygen atoms in total. The summed E-state index contributed by atoms with van der Waals surface area (Å²) >= 11 is 0. The summed E-state index contributed by atoms with van der Waals surface area (Å²) in [5.41, 5.74) is 0. The highest BCUT2D eigenvalue weighted by molar-refractivity contribution is 5.76. The molecular formula is C56H101NO8. The van der Waals surface area contributed by atoms with Crippen LogP contribution in [0.2, 0.25) is 0 Å². The van der Waals surface area contributed by atoms with Gasteiger partial charge in [0.15, 0.2) is 6.29 Å². The first kappa shape index (κ1) is 60.9. The second-order valence-corrected chi connectivity index (χ2v) is 18.6. The Balaban J connectivity index is 2.27. The smallest absolute Gasteiger partial charge is 0.220 e. The van der Waals surface area contributed by atoms with Crippen molar-refractivity contribution in [2.24, 2.45) is 0 Å². The van der Waals surface area contributed by atoms with E-state index in [9.17, 15) is 30.3 Å². The van der Waals surface area contributed by atoms with Crippen molar-refractivity contribution in [3.05, 3.63) is 60.8 Å². The van der Waals surface area contributed by atoms with E-state index in [1.165, 1.54) is 128 Å². The predicted octanol–water partition coefficient (Wildman–Crippen LogP) is 12.7. The molecule has 0 aromatic rings. The number of ether oxygens (including phenoxy) is 2. The maximum absolute atomic E-state index is 13.0. The van der Waals surface area contributed by atoms with E-state index in [0.717, 1.165) is 77.0 Å². The molecule has 0 aromatic heterocycles. The summed E-state index contributed by atoms with van der Waals surface area (Å²) in [6.45, 7) is 3.72. The molecule has 1 fully saturated rings. The van der Waals surface area contributed by atoms with Crippen LogP contribution in [0.15, 0.2) is 60.8 Å². The fourth-order valence-corrected chi connectivity index (χ4v) is 8.36. The topological polar surface area (TPSA) is 149 Å². The van der Waals surface area contributed by atoms with Gasteiger partial charge in [0, 0.05) is 6.42 Å². The highest BCUT2D eigenvalue weighted by atomic mass is 16.7. The standard InChI is InChI=1S/C56H101NO8/c1-3-5-7-9-11-13-15-17-19-21-23-24-25-26-28-29-31-33-35-37-39-41-43-45-50(59)49(48-64-56-55(63)54(62)53(61)51(47-58)65-56)57-52(60)46-44-42-40-38-36-34-32-30-27-22-20-18-16-14-12-10-8-6-4-2/h6,8,12,14,18,20,27,30,34,36,49-51,53-56,58-59,61-63H,3-5,7,9-11,13,15-17,19,21-26,28-29,31-33,35,37-48H2,1-2H3,(H,57,60)/b8-6-,14-12-,20-18-,30-27-,36-34-. The lowest BCUT2D eigenvalue weighted by Gasteiger charge is -2.40. The van der Waals surface area contributed by atoms with E-state index in [2.05, 4.69) is 79.9 Å². The lowest BCUT2D eigenvalue weighted by atomic mass is 9.99. The van der Waals surface area contributed by atoms with Gasteiger partial charge in [0.1, 0.15) is 24.4 Å². The molecule has 1 heterocycles. The quantitative estimate of drug-likeness (QED) is 0.0261. The van der Waals surface area contributed by atoms with Crippen molar-refractivity contribution < 1.29 is 39.8 Å². The van der Waals surface area contributed by atoms with Gasteiger partial charge in [0.25, 0.3) is 0 Å². The molecule has 378 valence electrons. The van der Waals surface area contributed by atoms with E-state index in [1.54, 1.807) is 0 Å². The molecule has 0 bridgehead atoms. The molecule has 7 unspecified atom stereocenters. The molecule has 1 aliphatic rings. The third-order valence-corrected chi connectivity index (χ3v) is 12.6. The zero-order chi connectivity index (χ0) is 47.3. The molecule has 0 radical (unpaired) electrons. The van der Waals surface area contributed by atoms with Crippen LogP contribution in [0.3, 0.4) is 0 Å². The third kappa shape index (κ3) is 35.7. The van der Waals surface area contributed by atoms with Crippen molar-refractivity contribution in [1.82, 2.24) is 5.32 Å². The monoisotopic (exact) mass is 916 g/mol. The van der Waals surface area contributed by atoms with Gasteiger partial charge >= 0.3 is 0 Å². The first-order chi connectivity index (χ1) is 31.8. The fraction of sp³-hybridized carbons (Fsp3) is 0.804. The number of unbranched alkanes of at least 4 members (excludes halogenated alkanes) is 25. The van der Waals surface area contributed by atoms with Crippen LogP contribution in [0, 0.1) is 0 Å². The minimum absolute atomic E-state index is 0.154. The van der Waals surface area contributed by atoms with Crippen molar-refractivity contribution in [3.8, 4) is 0 Å². The van der Waals surface area contributed by atoms with Crippen LogP contribution < -0.4 is 5.32 Å². The molecule has 7 atom stereocenters. The van der Waals surface area contributed by atoms with E-state index >= 15 is 0 Å². The number of hydrogen-bond acceptors (Lipinski definition) is 8. The molecule has 1 saturated heterocycles. The van der Waals surface area contributed by atoms with Crippen LogP contribution in [0.4, 0.5) is 0 Å². The highest BCUT2D eigenvalue weighted by Crippen LogP contribution is 2.23. The summed E-state index contributed by atoms with van der Waals surface area (Å²) in [5, 5.41) is 54.6. The van der Waals surface area contributed by atoms with Gasteiger partial charge in [-0.3, -0.25) is 4.79 Å². The van der Waals surface area contributed by atoms with Crippen molar-refractivity contribution >= 4 is 5.91 Å². The predicted molar refractivity (Wildman–Crippen MR) is 272 cm³/mol. The third-order valence-electron chi connectivity index (χ3n) is 12.6. The van der Waals surface area contributed by atoms with Crippen LogP contribution in [-0.2, 0) is 14.3 Å². The molecule has 0 saturated carbocycles. The Labute approximate surface area is 398 Å². The zero-order valence-electron chi connectivity index (χ0n) is 41.7. The van der Waals surface area contributed by atoms with Gasteiger partial charge in [0.2, 0.25) is 5.91 Å². The first-order valence-corrected chi connectivity index (χ1v) is 27.0. The first-order valence-electron chi connectivity index (χ1n) is 27.0. The molecular weight excluding hydrogens is 815 g/mol. The maximum atomic E-state index is 13.0. The number of nitrogens with one attached hydrogen (secondary N) is 1. The largest absolute Gasteiger partial charge is 0.394 e. The van der Waals surface area contributed by atoms with E-state index in [1.807, 2.05) is 0 Å². The van der Waals surface area contributed by atoms with E-state index in [-0.39, 0.29) is 12.5 Å². The molecule has 9 heteroatoms. The summed E-state index contributed by atoms with van der Waals surface area (Å²) < 4.78 is 11.3. The minimum Gasteiger partial charge on any atom is -0.394 e. The number of aliphatic hydroxyl groups is 5. The Morgan fingerprint density at radius 3 is 1.40 bits per heavy atom. The Morgan fingerprint density at radius 2 is 0.954 bits per heavy atom. The van der Waals surface area contributed by atoms with Gasteiger partial charge in [0.05, 0.1) is 25.4 Å². The zero-order valence-corrected chi connectivity index (χ0v) is 41.7. The van der Waals surface area contributed by atoms with Gasteiger partial charge in [-0.15, -0.1) is 0 Å². The normalized spacial score (nSPS) is 20.4. The molecule has 6 N–H and O–H groups in total. The second-order valence-electron chi connectivity index (χ2n) is 18.6. The van der Waals surface area contributed by atoms with Crippen molar-refractivity contribution in [1.29, 1.82) is 0 Å². The number of aliphatic hydroxyl groups excluding tert-OH is 5. The summed E-state index contributed by atoms with van der Waals surface area (Å²) in [6.07, 6.45) is 53.8. The average Bonchev–Trinajstić information content (AvgIpc) is 3.31. The van der Waals surface area contributed by atoms with Crippen molar-refractivity contribution in [2.45, 2.75) is 275 Å². The minimum atomic E-state index is -1.56. The van der Waals surface area contributed by atoms with Crippen LogP contribution in [0.5, 0.6) is 0 Å². The number of carbonyl (C=O) groups is 1. The number of amides is 1. The number of carbonyl (C=O) groups excluding carboxylic acids is 1. The lowest BCUT2D eigenvalue weighted by Crippen LogP contribution is -2.60. The van der Waals surface area contributed by atoms with E-state index in [4.69, 9.17) is 9.47 Å². The van der Waals surface area contributed by atoms with Gasteiger partial charge in [-0.25, -0.2) is 0 Å². The van der Waals surface area contributed by atoms with Gasteiger partial charge in [-0.1, -0.05) is 229 Å². The Morgan fingerprint density at radius 1 is 0.538 bits per heavy atom. The van der Waals surface area contributed by atoms with Crippen LogP contribution in [-0.4, -0.2) is 87.5 Å². The summed E-state index contributed by atoms with van der Waals surface area (Å²) in [6, 6.07) is -0.740. The Bertz CT molecular complexity index is 1200. The molecule has 0 aromatic carbocycles. The summed E-state index contributed by atoms with van der Waals surface area (Å²) in [7, 11) is 0. The van der Waals surface area contributed by atoms with E-state index in [0.29, 0.717) is 12.8 Å². The van der Waals surface area contributed by atoms with E-state index < -0.39 is 49.5 Å². The molecule has 0 aliphatic carbocycles. The average molecular weight is 916 g/mol. The number of allylic oxidation sites excluding steroid dienone is 10. The SMILES string of the molecule is CC/C=C\C/C=C\C/C=C\C/C=C\C/C=C\CCCCCC(=O)NC(COC1OC(CO)C(O)C(O)C1O)C(O)CCCCCCCCCCCCCCCCCCCCCCCCC. The molecule has 1 rings (SSSR count). The Hall–Kier alpha value is -2.11.